The Morgan fingerprint density at radius 2 is 2.11 bits per heavy atom. The summed E-state index contributed by atoms with van der Waals surface area (Å²) in [6.45, 7) is 1.66. The van der Waals surface area contributed by atoms with Gasteiger partial charge in [-0.15, -0.1) is 0 Å². The monoisotopic (exact) mass is 252 g/mol. The van der Waals surface area contributed by atoms with Crippen LogP contribution in [0, 0.1) is 0 Å². The van der Waals surface area contributed by atoms with Crippen molar-refractivity contribution >= 4 is 17.3 Å². The number of carbonyl (C=O) groups is 1. The topological polar surface area (TPSA) is 75.3 Å². The standard InChI is InChI=1S/C12H20N4O2/c1-13-10-7-11(9-14-8-10)15-4-3-12(17)16-5-6-18-2/h7-9,13,15H,3-6H2,1-2H3,(H,16,17). The molecule has 0 aliphatic heterocycles. The van der Waals surface area contributed by atoms with Crippen molar-refractivity contribution in [2.24, 2.45) is 0 Å². The lowest BCUT2D eigenvalue weighted by Crippen LogP contribution is -2.28. The van der Waals surface area contributed by atoms with E-state index in [1.165, 1.54) is 0 Å². The first kappa shape index (κ1) is 14.2. The zero-order valence-electron chi connectivity index (χ0n) is 10.8. The van der Waals surface area contributed by atoms with Gasteiger partial charge in [-0.25, -0.2) is 0 Å². The van der Waals surface area contributed by atoms with Gasteiger partial charge in [-0.2, -0.15) is 0 Å². The molecule has 0 unspecified atom stereocenters. The molecule has 0 aliphatic rings. The van der Waals surface area contributed by atoms with Crippen LogP contribution in [0.4, 0.5) is 11.4 Å². The zero-order valence-corrected chi connectivity index (χ0v) is 10.8. The fraction of sp³-hybridized carbons (Fsp3) is 0.500. The third-order valence-electron chi connectivity index (χ3n) is 2.34. The maximum atomic E-state index is 11.4. The van der Waals surface area contributed by atoms with Crippen LogP contribution in [0.25, 0.3) is 0 Å². The van der Waals surface area contributed by atoms with Gasteiger partial charge < -0.3 is 20.7 Å². The van der Waals surface area contributed by atoms with Crippen LogP contribution in [0.2, 0.25) is 0 Å². The number of hydrogen-bond donors (Lipinski definition) is 3. The predicted molar refractivity (Wildman–Crippen MR) is 71.8 cm³/mol. The van der Waals surface area contributed by atoms with Gasteiger partial charge in [-0.3, -0.25) is 9.78 Å². The molecule has 0 saturated carbocycles. The second-order valence-electron chi connectivity index (χ2n) is 3.73. The van der Waals surface area contributed by atoms with Gasteiger partial charge in [0.25, 0.3) is 0 Å². The molecule has 0 bridgehead atoms. The van der Waals surface area contributed by atoms with E-state index in [0.29, 0.717) is 26.1 Å². The van der Waals surface area contributed by atoms with Gasteiger partial charge in [-0.1, -0.05) is 0 Å². The molecule has 0 aliphatic carbocycles. The van der Waals surface area contributed by atoms with Crippen LogP contribution in [0.1, 0.15) is 6.42 Å². The van der Waals surface area contributed by atoms with Gasteiger partial charge in [0.15, 0.2) is 0 Å². The van der Waals surface area contributed by atoms with Crippen LogP contribution >= 0.6 is 0 Å². The first-order valence-electron chi connectivity index (χ1n) is 5.88. The highest BCUT2D eigenvalue weighted by atomic mass is 16.5. The molecule has 1 rings (SSSR count). The normalized spacial score (nSPS) is 9.89. The van der Waals surface area contributed by atoms with E-state index in [0.717, 1.165) is 11.4 Å². The number of amides is 1. The highest BCUT2D eigenvalue weighted by Crippen LogP contribution is 2.11. The third-order valence-corrected chi connectivity index (χ3v) is 2.34. The number of rotatable bonds is 8. The van der Waals surface area contributed by atoms with E-state index >= 15 is 0 Å². The van der Waals surface area contributed by atoms with Crippen LogP contribution in [0.15, 0.2) is 18.5 Å². The number of anilines is 2. The van der Waals surface area contributed by atoms with Crippen molar-refractivity contribution in [3.8, 4) is 0 Å². The summed E-state index contributed by atoms with van der Waals surface area (Å²) in [6.07, 6.45) is 3.89. The van der Waals surface area contributed by atoms with Crippen LogP contribution in [0.3, 0.4) is 0 Å². The summed E-state index contributed by atoms with van der Waals surface area (Å²) >= 11 is 0. The lowest BCUT2D eigenvalue weighted by Gasteiger charge is -2.08. The summed E-state index contributed by atoms with van der Waals surface area (Å²) in [5, 5.41) is 8.91. The van der Waals surface area contributed by atoms with Crippen molar-refractivity contribution in [2.45, 2.75) is 6.42 Å². The lowest BCUT2D eigenvalue weighted by molar-refractivity contribution is -0.121. The van der Waals surface area contributed by atoms with Crippen molar-refractivity contribution in [3.63, 3.8) is 0 Å². The number of methoxy groups -OCH3 is 1. The van der Waals surface area contributed by atoms with Crippen LogP contribution < -0.4 is 16.0 Å². The molecule has 0 fully saturated rings. The van der Waals surface area contributed by atoms with Crippen LogP contribution in [-0.4, -0.2) is 44.7 Å². The van der Waals surface area contributed by atoms with E-state index in [4.69, 9.17) is 4.74 Å². The number of hydrogen-bond acceptors (Lipinski definition) is 5. The maximum absolute atomic E-state index is 11.4. The van der Waals surface area contributed by atoms with E-state index in [2.05, 4.69) is 20.9 Å². The Kier molecular flexibility index (Phi) is 6.56. The largest absolute Gasteiger partial charge is 0.387 e. The molecule has 0 atom stereocenters. The summed E-state index contributed by atoms with van der Waals surface area (Å²) in [5.74, 6) is 0.0114. The quantitative estimate of drug-likeness (QED) is 0.593. The Bertz CT molecular complexity index is 371. The smallest absolute Gasteiger partial charge is 0.221 e. The molecule has 3 N–H and O–H groups in total. The molecule has 0 spiro atoms. The van der Waals surface area contributed by atoms with Crippen LogP contribution in [-0.2, 0) is 9.53 Å². The van der Waals surface area contributed by atoms with Crippen molar-refractivity contribution < 1.29 is 9.53 Å². The summed E-state index contributed by atoms with van der Waals surface area (Å²) in [7, 11) is 3.44. The lowest BCUT2D eigenvalue weighted by atomic mass is 10.3. The molecule has 1 aromatic rings. The second-order valence-corrected chi connectivity index (χ2v) is 3.73. The molecule has 0 saturated heterocycles. The molecule has 100 valence electrons. The number of nitrogens with one attached hydrogen (secondary N) is 3. The highest BCUT2D eigenvalue weighted by molar-refractivity contribution is 5.76. The Morgan fingerprint density at radius 1 is 1.33 bits per heavy atom. The van der Waals surface area contributed by atoms with Gasteiger partial charge in [0.2, 0.25) is 5.91 Å². The van der Waals surface area contributed by atoms with E-state index in [1.54, 1.807) is 19.5 Å². The third kappa shape index (κ3) is 5.49. The molecule has 6 heteroatoms. The van der Waals surface area contributed by atoms with Gasteiger partial charge in [-0.05, 0) is 6.07 Å². The summed E-state index contributed by atoms with van der Waals surface area (Å²) in [5.41, 5.74) is 1.83. The first-order chi connectivity index (χ1) is 8.76. The Hall–Kier alpha value is -1.82. The fourth-order valence-electron chi connectivity index (χ4n) is 1.37. The SMILES string of the molecule is CNc1cncc(NCCC(=O)NCCOC)c1. The van der Waals surface area contributed by atoms with Gasteiger partial charge >= 0.3 is 0 Å². The Labute approximate surface area is 107 Å². The van der Waals surface area contributed by atoms with Crippen molar-refractivity contribution in [3.05, 3.63) is 18.5 Å². The molecule has 0 radical (unpaired) electrons. The molecule has 6 nitrogen and oxygen atoms in total. The average molecular weight is 252 g/mol. The van der Waals surface area contributed by atoms with Gasteiger partial charge in [0.1, 0.15) is 0 Å². The number of aromatic nitrogens is 1. The minimum Gasteiger partial charge on any atom is -0.387 e. The highest BCUT2D eigenvalue weighted by Gasteiger charge is 2.00. The van der Waals surface area contributed by atoms with Crippen molar-refractivity contribution in [2.75, 3.05) is 44.5 Å². The van der Waals surface area contributed by atoms with Crippen molar-refractivity contribution in [1.82, 2.24) is 10.3 Å². The molecule has 1 aromatic heterocycles. The average Bonchev–Trinajstić information content (AvgIpc) is 2.39. The molecular formula is C12H20N4O2. The first-order valence-corrected chi connectivity index (χ1v) is 5.88. The summed E-state index contributed by atoms with van der Waals surface area (Å²) in [4.78, 5) is 15.5. The van der Waals surface area contributed by atoms with Crippen molar-refractivity contribution in [1.29, 1.82) is 0 Å². The van der Waals surface area contributed by atoms with Gasteiger partial charge in [0, 0.05) is 33.7 Å². The Balaban J connectivity index is 2.22. The van der Waals surface area contributed by atoms with E-state index in [9.17, 15) is 4.79 Å². The molecular weight excluding hydrogens is 232 g/mol. The Morgan fingerprint density at radius 3 is 2.83 bits per heavy atom. The molecule has 18 heavy (non-hydrogen) atoms. The van der Waals surface area contributed by atoms with E-state index in [-0.39, 0.29) is 5.91 Å². The number of nitrogens with zero attached hydrogens (tertiary/aromatic N) is 1. The maximum Gasteiger partial charge on any atom is 0.221 e. The number of ether oxygens (including phenoxy) is 1. The molecule has 1 heterocycles. The minimum atomic E-state index is 0.0114. The van der Waals surface area contributed by atoms with Crippen LogP contribution in [0.5, 0.6) is 0 Å². The molecule has 1 amide bonds. The predicted octanol–water partition coefficient (Wildman–Crippen LogP) is 0.688. The summed E-state index contributed by atoms with van der Waals surface area (Å²) < 4.78 is 4.85. The second kappa shape index (κ2) is 8.30. The zero-order chi connectivity index (χ0) is 13.2. The fourth-order valence-corrected chi connectivity index (χ4v) is 1.37. The number of carbonyl (C=O) groups excluding carboxylic acids is 1. The minimum absolute atomic E-state index is 0.0114. The van der Waals surface area contributed by atoms with E-state index in [1.807, 2.05) is 13.1 Å². The van der Waals surface area contributed by atoms with Gasteiger partial charge in [0.05, 0.1) is 30.4 Å². The molecule has 0 aromatic carbocycles. The number of pyridine rings is 1. The van der Waals surface area contributed by atoms with E-state index < -0.39 is 0 Å². The summed E-state index contributed by atoms with van der Waals surface area (Å²) in [6, 6.07) is 1.94.